The van der Waals surface area contributed by atoms with E-state index in [2.05, 4.69) is 13.8 Å². The summed E-state index contributed by atoms with van der Waals surface area (Å²) in [5.41, 5.74) is 1.02. The quantitative estimate of drug-likeness (QED) is 0.595. The van der Waals surface area contributed by atoms with Crippen molar-refractivity contribution in [2.75, 3.05) is 5.75 Å². The first-order valence-electron chi connectivity index (χ1n) is 5.40. The summed E-state index contributed by atoms with van der Waals surface area (Å²) in [5, 5.41) is 17.3. The van der Waals surface area contributed by atoms with Crippen molar-refractivity contribution in [2.45, 2.75) is 18.7 Å². The summed E-state index contributed by atoms with van der Waals surface area (Å²) in [7, 11) is 0. The summed E-state index contributed by atoms with van der Waals surface area (Å²) in [6, 6.07) is 11.6. The molecular weight excluding hydrogens is 228 g/mol. The summed E-state index contributed by atoms with van der Waals surface area (Å²) in [5.74, 6) is 1.76. The Hall–Kier alpha value is -1.71. The minimum atomic E-state index is 0.132. The van der Waals surface area contributed by atoms with E-state index < -0.39 is 0 Å². The van der Waals surface area contributed by atoms with E-state index in [-0.39, 0.29) is 5.57 Å². The normalized spacial score (nSPS) is 9.47. The fourth-order valence-corrected chi connectivity index (χ4v) is 2.03. The van der Waals surface area contributed by atoms with Crippen molar-refractivity contribution >= 4 is 17.8 Å². The number of hydrogen-bond donors (Lipinski definition) is 0. The van der Waals surface area contributed by atoms with Crippen molar-refractivity contribution < 1.29 is 0 Å². The van der Waals surface area contributed by atoms with Crippen LogP contribution in [0.4, 0.5) is 0 Å². The fraction of sp³-hybridized carbons (Fsp3) is 0.286. The Kier molecular flexibility index (Phi) is 5.33. The molecule has 0 fully saturated rings. The van der Waals surface area contributed by atoms with E-state index in [0.29, 0.717) is 5.92 Å². The standard InChI is InChI=1S/C14H14N2S/c1-11(2)10-17-14-5-3-12(4-6-14)7-13(8-15)9-16/h3-7,11H,10H2,1-2H3. The summed E-state index contributed by atoms with van der Waals surface area (Å²) < 4.78 is 0. The number of benzene rings is 1. The van der Waals surface area contributed by atoms with Gasteiger partial charge in [0.15, 0.2) is 0 Å². The molecule has 17 heavy (non-hydrogen) atoms. The third-order valence-electron chi connectivity index (χ3n) is 2.02. The van der Waals surface area contributed by atoms with Gasteiger partial charge >= 0.3 is 0 Å². The second kappa shape index (κ2) is 6.78. The molecule has 0 unspecified atom stereocenters. The smallest absolute Gasteiger partial charge is 0.130 e. The van der Waals surface area contributed by atoms with E-state index in [1.807, 2.05) is 48.2 Å². The maximum Gasteiger partial charge on any atom is 0.130 e. The van der Waals surface area contributed by atoms with Crippen LogP contribution in [0.25, 0.3) is 6.08 Å². The maximum atomic E-state index is 8.64. The summed E-state index contributed by atoms with van der Waals surface area (Å²) in [4.78, 5) is 1.21. The Balaban J connectivity index is 2.73. The number of thioether (sulfide) groups is 1. The zero-order valence-corrected chi connectivity index (χ0v) is 10.8. The Morgan fingerprint density at radius 1 is 1.24 bits per heavy atom. The average Bonchev–Trinajstić information content (AvgIpc) is 2.34. The van der Waals surface area contributed by atoms with E-state index in [1.54, 1.807) is 6.08 Å². The van der Waals surface area contributed by atoms with Gasteiger partial charge in [0.05, 0.1) is 0 Å². The third-order valence-corrected chi connectivity index (χ3v) is 3.45. The lowest BCUT2D eigenvalue weighted by Crippen LogP contribution is -1.89. The van der Waals surface area contributed by atoms with Gasteiger partial charge in [-0.1, -0.05) is 26.0 Å². The molecule has 1 aromatic carbocycles. The highest BCUT2D eigenvalue weighted by atomic mass is 32.2. The maximum absolute atomic E-state index is 8.64. The predicted molar refractivity (Wildman–Crippen MR) is 71.2 cm³/mol. The SMILES string of the molecule is CC(C)CSc1ccc(C=C(C#N)C#N)cc1. The van der Waals surface area contributed by atoms with Gasteiger partial charge in [-0.05, 0) is 29.7 Å². The first-order valence-corrected chi connectivity index (χ1v) is 6.39. The molecule has 86 valence electrons. The molecule has 0 aliphatic heterocycles. The zero-order valence-electron chi connectivity index (χ0n) is 9.97. The number of nitrogens with zero attached hydrogens (tertiary/aromatic N) is 2. The monoisotopic (exact) mass is 242 g/mol. The number of allylic oxidation sites excluding steroid dienone is 1. The van der Waals surface area contributed by atoms with E-state index in [9.17, 15) is 0 Å². The number of rotatable bonds is 4. The van der Waals surface area contributed by atoms with Gasteiger partial charge in [-0.15, -0.1) is 11.8 Å². The molecule has 1 aromatic rings. The van der Waals surface area contributed by atoms with Gasteiger partial charge in [-0.25, -0.2) is 0 Å². The van der Waals surface area contributed by atoms with Crippen LogP contribution in [0, 0.1) is 28.6 Å². The molecule has 0 saturated carbocycles. The van der Waals surface area contributed by atoms with Crippen molar-refractivity contribution in [1.82, 2.24) is 0 Å². The topological polar surface area (TPSA) is 47.6 Å². The van der Waals surface area contributed by atoms with Crippen LogP contribution >= 0.6 is 11.8 Å². The summed E-state index contributed by atoms with van der Waals surface area (Å²) in [6.07, 6.45) is 1.59. The molecule has 0 atom stereocenters. The lowest BCUT2D eigenvalue weighted by atomic mass is 10.1. The minimum absolute atomic E-state index is 0.132. The van der Waals surface area contributed by atoms with Crippen LogP contribution in [0.1, 0.15) is 19.4 Å². The molecule has 0 bridgehead atoms. The highest BCUT2D eigenvalue weighted by molar-refractivity contribution is 7.99. The second-order valence-corrected chi connectivity index (χ2v) is 5.15. The minimum Gasteiger partial charge on any atom is -0.192 e. The molecule has 0 aliphatic carbocycles. The molecule has 2 nitrogen and oxygen atoms in total. The van der Waals surface area contributed by atoms with Crippen LogP contribution in [0.5, 0.6) is 0 Å². The van der Waals surface area contributed by atoms with Crippen LogP contribution in [-0.2, 0) is 0 Å². The first kappa shape index (κ1) is 13.4. The average molecular weight is 242 g/mol. The van der Waals surface area contributed by atoms with Gasteiger partial charge in [0.2, 0.25) is 0 Å². The summed E-state index contributed by atoms with van der Waals surface area (Å²) >= 11 is 1.82. The number of nitriles is 2. The molecule has 0 radical (unpaired) electrons. The fourth-order valence-electron chi connectivity index (χ4n) is 1.18. The van der Waals surface area contributed by atoms with Crippen LogP contribution in [0.2, 0.25) is 0 Å². The highest BCUT2D eigenvalue weighted by Gasteiger charge is 1.98. The van der Waals surface area contributed by atoms with E-state index in [0.717, 1.165) is 11.3 Å². The Bertz CT molecular complexity index is 456. The van der Waals surface area contributed by atoms with Gasteiger partial charge in [0.1, 0.15) is 17.7 Å². The van der Waals surface area contributed by atoms with Crippen molar-refractivity contribution in [3.05, 3.63) is 35.4 Å². The molecule has 0 saturated heterocycles. The lowest BCUT2D eigenvalue weighted by molar-refractivity contribution is 0.750. The van der Waals surface area contributed by atoms with Gasteiger partial charge in [0.25, 0.3) is 0 Å². The second-order valence-electron chi connectivity index (χ2n) is 4.06. The highest BCUT2D eigenvalue weighted by Crippen LogP contribution is 2.21. The van der Waals surface area contributed by atoms with E-state index in [1.165, 1.54) is 4.90 Å². The molecule has 1 rings (SSSR count). The molecule has 0 aromatic heterocycles. The molecule has 0 spiro atoms. The van der Waals surface area contributed by atoms with Crippen LogP contribution in [0.3, 0.4) is 0 Å². The molecular formula is C14H14N2S. The molecule has 3 heteroatoms. The Labute approximate surface area is 107 Å². The van der Waals surface area contributed by atoms with Crippen LogP contribution in [-0.4, -0.2) is 5.75 Å². The summed E-state index contributed by atoms with van der Waals surface area (Å²) in [6.45, 7) is 4.38. The first-order chi connectivity index (χ1) is 8.15. The molecule has 0 amide bonds. The van der Waals surface area contributed by atoms with Crippen LogP contribution < -0.4 is 0 Å². The molecule has 0 N–H and O–H groups in total. The van der Waals surface area contributed by atoms with Crippen LogP contribution in [0.15, 0.2) is 34.7 Å². The number of hydrogen-bond acceptors (Lipinski definition) is 3. The van der Waals surface area contributed by atoms with Gasteiger partial charge in [-0.3, -0.25) is 0 Å². The third kappa shape index (κ3) is 4.76. The Morgan fingerprint density at radius 2 is 1.82 bits per heavy atom. The van der Waals surface area contributed by atoms with E-state index >= 15 is 0 Å². The van der Waals surface area contributed by atoms with Crippen molar-refractivity contribution in [3.63, 3.8) is 0 Å². The lowest BCUT2D eigenvalue weighted by Gasteiger charge is -2.04. The molecule has 0 heterocycles. The Morgan fingerprint density at radius 3 is 2.29 bits per heavy atom. The zero-order chi connectivity index (χ0) is 12.7. The van der Waals surface area contributed by atoms with Crippen molar-refractivity contribution in [2.24, 2.45) is 5.92 Å². The van der Waals surface area contributed by atoms with Crippen molar-refractivity contribution in [3.8, 4) is 12.1 Å². The van der Waals surface area contributed by atoms with Gasteiger partial charge < -0.3 is 0 Å². The molecule has 0 aliphatic rings. The van der Waals surface area contributed by atoms with Gasteiger partial charge in [-0.2, -0.15) is 10.5 Å². The largest absolute Gasteiger partial charge is 0.192 e. The van der Waals surface area contributed by atoms with Crippen molar-refractivity contribution in [1.29, 1.82) is 10.5 Å². The van der Waals surface area contributed by atoms with Gasteiger partial charge in [0, 0.05) is 10.6 Å². The predicted octanol–water partition coefficient (Wildman–Crippen LogP) is 3.87. The van der Waals surface area contributed by atoms with E-state index in [4.69, 9.17) is 10.5 Å².